The molecule has 0 bridgehead atoms. The van der Waals surface area contributed by atoms with Gasteiger partial charge < -0.3 is 10.2 Å². The van der Waals surface area contributed by atoms with Crippen LogP contribution in [-0.2, 0) is 4.79 Å². The molecule has 0 spiro atoms. The zero-order valence-electron chi connectivity index (χ0n) is 11.1. The molecule has 3 heteroatoms. The van der Waals surface area contributed by atoms with E-state index >= 15 is 0 Å². The van der Waals surface area contributed by atoms with Crippen molar-refractivity contribution in [1.82, 2.24) is 10.2 Å². The van der Waals surface area contributed by atoms with E-state index in [0.29, 0.717) is 0 Å². The first-order chi connectivity index (χ1) is 8.75. The van der Waals surface area contributed by atoms with Gasteiger partial charge in [-0.25, -0.2) is 0 Å². The lowest BCUT2D eigenvalue weighted by atomic mass is 10.1. The number of rotatable bonds is 4. The van der Waals surface area contributed by atoms with Crippen LogP contribution in [0, 0.1) is 0 Å². The van der Waals surface area contributed by atoms with Gasteiger partial charge >= 0.3 is 0 Å². The second-order valence-electron chi connectivity index (χ2n) is 5.01. The molecule has 1 aliphatic heterocycles. The maximum atomic E-state index is 12.0. The molecule has 1 heterocycles. The molecule has 0 aromatic heterocycles. The Morgan fingerprint density at radius 2 is 2.17 bits per heavy atom. The molecule has 0 atom stereocenters. The first kappa shape index (κ1) is 13.1. The standard InChI is InChI=1S/C15H22N2O/c1-13-5-4-6-14(8-7-13)15(18)16-9-12-17-10-2-3-11-17/h4-7H,2-3,8-12H2,1H3,(H,16,18). The first-order valence-corrected chi connectivity index (χ1v) is 6.80. The van der Waals surface area contributed by atoms with Crippen LogP contribution in [0.3, 0.4) is 0 Å². The fourth-order valence-electron chi connectivity index (χ4n) is 2.34. The van der Waals surface area contributed by atoms with E-state index in [9.17, 15) is 4.79 Å². The Labute approximate surface area is 109 Å². The average molecular weight is 246 g/mol. The van der Waals surface area contributed by atoms with Gasteiger partial charge in [-0.1, -0.05) is 29.9 Å². The van der Waals surface area contributed by atoms with E-state index in [-0.39, 0.29) is 5.91 Å². The van der Waals surface area contributed by atoms with Gasteiger partial charge in [0.15, 0.2) is 0 Å². The predicted octanol–water partition coefficient (Wildman–Crippen LogP) is 2.03. The SMILES string of the molecule is CC1=CCC(C(=O)NCCN2CCCC2)=CC=C1. The monoisotopic (exact) mass is 246 g/mol. The molecule has 1 fully saturated rings. The van der Waals surface area contributed by atoms with Gasteiger partial charge in [0.1, 0.15) is 0 Å². The number of carbonyl (C=O) groups excluding carboxylic acids is 1. The smallest absolute Gasteiger partial charge is 0.247 e. The molecule has 2 rings (SSSR count). The molecule has 2 aliphatic rings. The van der Waals surface area contributed by atoms with Crippen molar-refractivity contribution in [2.75, 3.05) is 26.2 Å². The van der Waals surface area contributed by atoms with Crippen molar-refractivity contribution in [2.45, 2.75) is 26.2 Å². The van der Waals surface area contributed by atoms with E-state index < -0.39 is 0 Å². The van der Waals surface area contributed by atoms with Crippen LogP contribution in [0.1, 0.15) is 26.2 Å². The Bertz CT molecular complexity index is 385. The third kappa shape index (κ3) is 3.84. The summed E-state index contributed by atoms with van der Waals surface area (Å²) in [5.41, 5.74) is 2.07. The number of nitrogens with one attached hydrogen (secondary N) is 1. The lowest BCUT2D eigenvalue weighted by Crippen LogP contribution is -2.34. The van der Waals surface area contributed by atoms with Crippen molar-refractivity contribution in [3.05, 3.63) is 35.5 Å². The highest BCUT2D eigenvalue weighted by molar-refractivity contribution is 5.94. The van der Waals surface area contributed by atoms with E-state index in [1.807, 2.05) is 18.2 Å². The van der Waals surface area contributed by atoms with Crippen molar-refractivity contribution >= 4 is 5.91 Å². The minimum Gasteiger partial charge on any atom is -0.351 e. The van der Waals surface area contributed by atoms with Crippen molar-refractivity contribution in [3.8, 4) is 0 Å². The number of allylic oxidation sites excluding steroid dienone is 5. The fraction of sp³-hybridized carbons (Fsp3) is 0.533. The lowest BCUT2D eigenvalue weighted by molar-refractivity contribution is -0.117. The number of amides is 1. The van der Waals surface area contributed by atoms with Gasteiger partial charge in [-0.2, -0.15) is 0 Å². The van der Waals surface area contributed by atoms with Gasteiger partial charge in [0.05, 0.1) is 0 Å². The normalized spacial score (nSPS) is 20.3. The molecule has 3 nitrogen and oxygen atoms in total. The van der Waals surface area contributed by atoms with Crippen molar-refractivity contribution < 1.29 is 4.79 Å². The highest BCUT2D eigenvalue weighted by Gasteiger charge is 2.12. The molecule has 0 unspecified atom stereocenters. The van der Waals surface area contributed by atoms with Gasteiger partial charge in [-0.05, 0) is 39.3 Å². The summed E-state index contributed by atoms with van der Waals surface area (Å²) in [6.07, 6.45) is 11.3. The second-order valence-corrected chi connectivity index (χ2v) is 5.01. The average Bonchev–Trinajstić information content (AvgIpc) is 2.77. The van der Waals surface area contributed by atoms with Crippen molar-refractivity contribution in [1.29, 1.82) is 0 Å². The highest BCUT2D eigenvalue weighted by atomic mass is 16.1. The van der Waals surface area contributed by atoms with Crippen LogP contribution in [0.5, 0.6) is 0 Å². The van der Waals surface area contributed by atoms with Crippen LogP contribution in [0.15, 0.2) is 35.5 Å². The number of nitrogens with zero attached hydrogens (tertiary/aromatic N) is 1. The zero-order valence-corrected chi connectivity index (χ0v) is 11.1. The van der Waals surface area contributed by atoms with Crippen LogP contribution in [0.25, 0.3) is 0 Å². The summed E-state index contributed by atoms with van der Waals surface area (Å²) in [6.45, 7) is 6.15. The van der Waals surface area contributed by atoms with Crippen molar-refractivity contribution in [3.63, 3.8) is 0 Å². The Kier molecular flexibility index (Phi) is 4.76. The number of hydrogen-bond donors (Lipinski definition) is 1. The number of likely N-dealkylation sites (tertiary alicyclic amines) is 1. The Balaban J connectivity index is 1.74. The van der Waals surface area contributed by atoms with Crippen LogP contribution >= 0.6 is 0 Å². The van der Waals surface area contributed by atoms with E-state index in [4.69, 9.17) is 0 Å². The third-order valence-corrected chi connectivity index (χ3v) is 3.50. The lowest BCUT2D eigenvalue weighted by Gasteiger charge is -2.15. The summed E-state index contributed by atoms with van der Waals surface area (Å²) >= 11 is 0. The van der Waals surface area contributed by atoms with Crippen LogP contribution in [0.4, 0.5) is 0 Å². The van der Waals surface area contributed by atoms with E-state index in [0.717, 1.165) is 25.1 Å². The largest absolute Gasteiger partial charge is 0.351 e. The van der Waals surface area contributed by atoms with Gasteiger partial charge in [-0.15, -0.1) is 0 Å². The third-order valence-electron chi connectivity index (χ3n) is 3.50. The van der Waals surface area contributed by atoms with Crippen LogP contribution in [-0.4, -0.2) is 37.0 Å². The molecule has 1 aliphatic carbocycles. The van der Waals surface area contributed by atoms with E-state index in [1.54, 1.807) is 0 Å². The van der Waals surface area contributed by atoms with Gasteiger partial charge in [-0.3, -0.25) is 4.79 Å². The van der Waals surface area contributed by atoms with Gasteiger partial charge in [0, 0.05) is 18.7 Å². The summed E-state index contributed by atoms with van der Waals surface area (Å²) in [5.74, 6) is 0.0739. The Hall–Kier alpha value is -1.35. The summed E-state index contributed by atoms with van der Waals surface area (Å²) in [4.78, 5) is 14.4. The Morgan fingerprint density at radius 1 is 1.39 bits per heavy atom. The topological polar surface area (TPSA) is 32.3 Å². The molecule has 1 amide bonds. The quantitative estimate of drug-likeness (QED) is 0.823. The maximum Gasteiger partial charge on any atom is 0.247 e. The van der Waals surface area contributed by atoms with Gasteiger partial charge in [0.2, 0.25) is 5.91 Å². The molecule has 98 valence electrons. The van der Waals surface area contributed by atoms with Crippen molar-refractivity contribution in [2.24, 2.45) is 0 Å². The first-order valence-electron chi connectivity index (χ1n) is 6.80. The zero-order chi connectivity index (χ0) is 12.8. The Morgan fingerprint density at radius 3 is 2.94 bits per heavy atom. The predicted molar refractivity (Wildman–Crippen MR) is 74.3 cm³/mol. The fourth-order valence-corrected chi connectivity index (χ4v) is 2.34. The van der Waals surface area contributed by atoms with Gasteiger partial charge in [0.25, 0.3) is 0 Å². The molecule has 0 aromatic rings. The number of hydrogen-bond acceptors (Lipinski definition) is 2. The summed E-state index contributed by atoms with van der Waals surface area (Å²) in [6, 6.07) is 0. The van der Waals surface area contributed by atoms with E-state index in [1.165, 1.54) is 31.5 Å². The summed E-state index contributed by atoms with van der Waals surface area (Å²) in [7, 11) is 0. The van der Waals surface area contributed by atoms with E-state index in [2.05, 4.69) is 23.2 Å². The van der Waals surface area contributed by atoms with Crippen LogP contribution < -0.4 is 5.32 Å². The molecule has 1 N–H and O–H groups in total. The maximum absolute atomic E-state index is 12.0. The molecule has 0 aromatic carbocycles. The molecule has 1 saturated heterocycles. The highest BCUT2D eigenvalue weighted by Crippen LogP contribution is 2.11. The molecular formula is C15H22N2O. The summed E-state index contributed by atoms with van der Waals surface area (Å²) in [5, 5.41) is 3.01. The minimum atomic E-state index is 0.0739. The molecular weight excluding hydrogens is 224 g/mol. The molecule has 18 heavy (non-hydrogen) atoms. The number of carbonyl (C=O) groups is 1. The molecule has 0 saturated carbocycles. The molecule has 0 radical (unpaired) electrons. The minimum absolute atomic E-state index is 0.0739. The second kappa shape index (κ2) is 6.55. The summed E-state index contributed by atoms with van der Waals surface area (Å²) < 4.78 is 0. The van der Waals surface area contributed by atoms with Crippen LogP contribution in [0.2, 0.25) is 0 Å².